The molecule has 0 radical (unpaired) electrons. The molecule has 1 amide bonds. The summed E-state index contributed by atoms with van der Waals surface area (Å²) in [6.07, 6.45) is 0. The smallest absolute Gasteiger partial charge is 0.260 e. The molecule has 2 rings (SSSR count). The number of hydrogen-bond donors (Lipinski definition) is 1. The van der Waals surface area contributed by atoms with Gasteiger partial charge in [0.1, 0.15) is 5.82 Å². The van der Waals surface area contributed by atoms with Gasteiger partial charge < -0.3 is 5.32 Å². The van der Waals surface area contributed by atoms with E-state index in [2.05, 4.69) is 5.32 Å². The monoisotopic (exact) mass is 384 g/mol. The topological polar surface area (TPSA) is 66.5 Å². The summed E-state index contributed by atoms with van der Waals surface area (Å²) in [4.78, 5) is 12.3. The van der Waals surface area contributed by atoms with E-state index >= 15 is 0 Å². The Kier molecular flexibility index (Phi) is 6.16. The van der Waals surface area contributed by atoms with E-state index in [1.807, 2.05) is 0 Å². The summed E-state index contributed by atoms with van der Waals surface area (Å²) >= 11 is 5.86. The van der Waals surface area contributed by atoms with Crippen LogP contribution < -0.4 is 5.32 Å². The molecule has 0 atom stereocenters. The second-order valence-corrected chi connectivity index (χ2v) is 7.51. The SMILES string of the molecule is CCN(CC)S(=O)(=O)c1ccc(NC(=O)c2c(F)cccc2Cl)cc1. The van der Waals surface area contributed by atoms with Gasteiger partial charge in [0.2, 0.25) is 10.0 Å². The van der Waals surface area contributed by atoms with Crippen molar-refractivity contribution in [3.05, 3.63) is 58.9 Å². The summed E-state index contributed by atoms with van der Waals surface area (Å²) in [7, 11) is -3.57. The summed E-state index contributed by atoms with van der Waals surface area (Å²) in [6, 6.07) is 9.64. The number of carbonyl (C=O) groups excluding carboxylic acids is 1. The molecule has 0 saturated carbocycles. The van der Waals surface area contributed by atoms with Crippen molar-refractivity contribution in [1.82, 2.24) is 4.31 Å². The van der Waals surface area contributed by atoms with Crippen molar-refractivity contribution in [2.24, 2.45) is 0 Å². The van der Waals surface area contributed by atoms with E-state index in [-0.39, 0.29) is 15.5 Å². The van der Waals surface area contributed by atoms with Crippen LogP contribution in [0, 0.1) is 5.82 Å². The summed E-state index contributed by atoms with van der Waals surface area (Å²) in [5, 5.41) is 2.50. The lowest BCUT2D eigenvalue weighted by Crippen LogP contribution is -2.30. The summed E-state index contributed by atoms with van der Waals surface area (Å²) in [5.41, 5.74) is 0.0758. The Labute approximate surface area is 151 Å². The first-order chi connectivity index (χ1) is 11.8. The molecule has 0 bridgehead atoms. The largest absolute Gasteiger partial charge is 0.322 e. The van der Waals surface area contributed by atoms with Crippen LogP contribution in [-0.4, -0.2) is 31.7 Å². The molecule has 0 aliphatic rings. The maximum atomic E-state index is 13.8. The van der Waals surface area contributed by atoms with Crippen LogP contribution >= 0.6 is 11.6 Å². The highest BCUT2D eigenvalue weighted by molar-refractivity contribution is 7.89. The maximum absolute atomic E-state index is 13.8. The zero-order chi connectivity index (χ0) is 18.6. The first kappa shape index (κ1) is 19.4. The zero-order valence-electron chi connectivity index (χ0n) is 13.8. The lowest BCUT2D eigenvalue weighted by atomic mass is 10.2. The first-order valence-corrected chi connectivity index (χ1v) is 9.48. The second kappa shape index (κ2) is 7.95. The van der Waals surface area contributed by atoms with Gasteiger partial charge in [0.25, 0.3) is 5.91 Å². The Morgan fingerprint density at radius 2 is 1.72 bits per heavy atom. The Morgan fingerprint density at radius 1 is 1.12 bits per heavy atom. The van der Waals surface area contributed by atoms with Gasteiger partial charge in [-0.05, 0) is 36.4 Å². The van der Waals surface area contributed by atoms with E-state index in [0.29, 0.717) is 18.8 Å². The molecule has 2 aromatic rings. The van der Waals surface area contributed by atoms with E-state index in [1.54, 1.807) is 13.8 Å². The van der Waals surface area contributed by atoms with Crippen molar-refractivity contribution in [3.63, 3.8) is 0 Å². The second-order valence-electron chi connectivity index (χ2n) is 5.16. The van der Waals surface area contributed by atoms with Gasteiger partial charge in [-0.2, -0.15) is 4.31 Å². The number of nitrogens with one attached hydrogen (secondary N) is 1. The summed E-state index contributed by atoms with van der Waals surface area (Å²) < 4.78 is 39.9. The molecule has 2 aromatic carbocycles. The van der Waals surface area contributed by atoms with E-state index in [0.717, 1.165) is 6.07 Å². The van der Waals surface area contributed by atoms with E-state index in [4.69, 9.17) is 11.6 Å². The fourth-order valence-electron chi connectivity index (χ4n) is 2.33. The van der Waals surface area contributed by atoms with E-state index in [1.165, 1.54) is 40.7 Å². The van der Waals surface area contributed by atoms with Crippen molar-refractivity contribution >= 4 is 33.2 Å². The van der Waals surface area contributed by atoms with Crippen LogP contribution in [0.15, 0.2) is 47.4 Å². The molecule has 0 aromatic heterocycles. The molecule has 0 aliphatic heterocycles. The summed E-state index contributed by atoms with van der Waals surface area (Å²) in [5.74, 6) is -1.44. The molecule has 0 spiro atoms. The first-order valence-electron chi connectivity index (χ1n) is 7.66. The molecule has 0 fully saturated rings. The predicted octanol–water partition coefficient (Wildman–Crippen LogP) is 3.76. The van der Waals surface area contributed by atoms with Crippen molar-refractivity contribution in [2.45, 2.75) is 18.7 Å². The van der Waals surface area contributed by atoms with Gasteiger partial charge in [0, 0.05) is 18.8 Å². The third-order valence-corrected chi connectivity index (χ3v) is 6.02. The molecule has 0 heterocycles. The van der Waals surface area contributed by atoms with Crippen LogP contribution in [0.25, 0.3) is 0 Å². The zero-order valence-corrected chi connectivity index (χ0v) is 15.4. The van der Waals surface area contributed by atoms with Crippen molar-refractivity contribution in [3.8, 4) is 0 Å². The van der Waals surface area contributed by atoms with Crippen molar-refractivity contribution in [2.75, 3.05) is 18.4 Å². The number of halogens is 2. The fourth-order valence-corrected chi connectivity index (χ4v) is 4.04. The minimum atomic E-state index is -3.57. The van der Waals surface area contributed by atoms with Crippen LogP contribution in [0.1, 0.15) is 24.2 Å². The van der Waals surface area contributed by atoms with Crippen molar-refractivity contribution in [1.29, 1.82) is 0 Å². The number of hydrogen-bond acceptors (Lipinski definition) is 3. The molecule has 0 unspecified atom stereocenters. The van der Waals surface area contributed by atoms with Gasteiger partial charge in [0.05, 0.1) is 15.5 Å². The number of carbonyl (C=O) groups is 1. The van der Waals surface area contributed by atoms with Gasteiger partial charge in [-0.15, -0.1) is 0 Å². The number of amides is 1. The Hall–Kier alpha value is -1.96. The van der Waals surface area contributed by atoms with Crippen LogP contribution in [-0.2, 0) is 10.0 Å². The average molecular weight is 385 g/mol. The lowest BCUT2D eigenvalue weighted by Gasteiger charge is -2.18. The Balaban J connectivity index is 2.22. The maximum Gasteiger partial charge on any atom is 0.260 e. The average Bonchev–Trinajstić information content (AvgIpc) is 2.56. The molecule has 8 heteroatoms. The molecule has 1 N–H and O–H groups in total. The number of nitrogens with zero attached hydrogens (tertiary/aromatic N) is 1. The molecule has 5 nitrogen and oxygen atoms in total. The van der Waals surface area contributed by atoms with Gasteiger partial charge in [-0.1, -0.05) is 31.5 Å². The highest BCUT2D eigenvalue weighted by Gasteiger charge is 2.21. The number of sulfonamides is 1. The van der Waals surface area contributed by atoms with Gasteiger partial charge in [-0.25, -0.2) is 12.8 Å². The predicted molar refractivity (Wildman–Crippen MR) is 95.9 cm³/mol. The van der Waals surface area contributed by atoms with Crippen LogP contribution in [0.2, 0.25) is 5.02 Å². The van der Waals surface area contributed by atoms with Crippen LogP contribution in [0.3, 0.4) is 0 Å². The van der Waals surface area contributed by atoms with Crippen LogP contribution in [0.4, 0.5) is 10.1 Å². The number of rotatable bonds is 6. The fraction of sp³-hybridized carbons (Fsp3) is 0.235. The number of anilines is 1. The van der Waals surface area contributed by atoms with Crippen molar-refractivity contribution < 1.29 is 17.6 Å². The Morgan fingerprint density at radius 3 is 2.24 bits per heavy atom. The van der Waals surface area contributed by atoms with Crippen LogP contribution in [0.5, 0.6) is 0 Å². The van der Waals surface area contributed by atoms with Gasteiger partial charge in [-0.3, -0.25) is 4.79 Å². The highest BCUT2D eigenvalue weighted by Crippen LogP contribution is 2.22. The minimum absolute atomic E-state index is 0.00164. The molecule has 25 heavy (non-hydrogen) atoms. The molecular weight excluding hydrogens is 367 g/mol. The molecule has 134 valence electrons. The molecular formula is C17H18ClFN2O3S. The quantitative estimate of drug-likeness (QED) is 0.824. The Bertz CT molecular complexity index is 846. The lowest BCUT2D eigenvalue weighted by molar-refractivity contribution is 0.102. The third kappa shape index (κ3) is 4.18. The third-order valence-electron chi connectivity index (χ3n) is 3.65. The van der Waals surface area contributed by atoms with Gasteiger partial charge in [0.15, 0.2) is 0 Å². The van der Waals surface area contributed by atoms with E-state index < -0.39 is 21.7 Å². The number of benzene rings is 2. The summed E-state index contributed by atoms with van der Waals surface area (Å²) in [6.45, 7) is 4.24. The molecule has 0 aliphatic carbocycles. The van der Waals surface area contributed by atoms with Gasteiger partial charge >= 0.3 is 0 Å². The minimum Gasteiger partial charge on any atom is -0.322 e. The normalized spacial score (nSPS) is 11.6. The molecule has 0 saturated heterocycles. The standard InChI is InChI=1S/C17H18ClFN2O3S/c1-3-21(4-2)25(23,24)13-10-8-12(9-11-13)20-17(22)16-14(18)6-5-7-15(16)19/h5-11H,3-4H2,1-2H3,(H,20,22). The van der Waals surface area contributed by atoms with E-state index in [9.17, 15) is 17.6 Å². The highest BCUT2D eigenvalue weighted by atomic mass is 35.5.